The van der Waals surface area contributed by atoms with Gasteiger partial charge in [-0.15, -0.1) is 0 Å². The summed E-state index contributed by atoms with van der Waals surface area (Å²) >= 11 is 0. The van der Waals surface area contributed by atoms with Gasteiger partial charge < -0.3 is 30.5 Å². The molecule has 4 aliphatic rings. The third-order valence-corrected chi connectivity index (χ3v) is 13.2. The van der Waals surface area contributed by atoms with Gasteiger partial charge in [-0.1, -0.05) is 49.3 Å². The second-order valence-corrected chi connectivity index (χ2v) is 16.4. The Morgan fingerprint density at radius 1 is 0.943 bits per heavy atom. The van der Waals surface area contributed by atoms with Crippen LogP contribution in [0.15, 0.2) is 48.5 Å². The molecule has 1 aliphatic heterocycles. The van der Waals surface area contributed by atoms with E-state index in [2.05, 4.69) is 17.2 Å². The normalized spacial score (nSPS) is 26.7. The van der Waals surface area contributed by atoms with Crippen molar-refractivity contribution < 1.29 is 34.8 Å². The number of fused-ring (bicyclic) bond motifs is 3. The molecule has 0 bridgehead atoms. The van der Waals surface area contributed by atoms with E-state index in [1.807, 2.05) is 24.3 Å². The van der Waals surface area contributed by atoms with Gasteiger partial charge in [0.25, 0.3) is 0 Å². The summed E-state index contributed by atoms with van der Waals surface area (Å²) in [5.74, 6) is 7.38. The lowest BCUT2D eigenvalue weighted by molar-refractivity contribution is -0.124. The molecule has 3 fully saturated rings. The molecule has 5 N–H and O–H groups in total. The average Bonchev–Trinajstić information content (AvgIpc) is 3.66. The first-order valence-corrected chi connectivity index (χ1v) is 19.9. The highest BCUT2D eigenvalue weighted by atomic mass is 16.5. The highest BCUT2D eigenvalue weighted by molar-refractivity contribution is 5.85. The van der Waals surface area contributed by atoms with E-state index >= 15 is 0 Å². The van der Waals surface area contributed by atoms with Gasteiger partial charge >= 0.3 is 0 Å². The fraction of sp³-hybridized carbons (Fsp3) is 0.556. The van der Waals surface area contributed by atoms with Gasteiger partial charge in [-0.2, -0.15) is 0 Å². The smallest absolute Gasteiger partial charge is 0.160 e. The van der Waals surface area contributed by atoms with Gasteiger partial charge in [0.1, 0.15) is 17.5 Å². The van der Waals surface area contributed by atoms with Crippen molar-refractivity contribution in [2.24, 2.45) is 23.2 Å². The lowest BCUT2D eigenvalue weighted by Gasteiger charge is -2.47. The number of carbonyl (C=O) groups is 2. The van der Waals surface area contributed by atoms with E-state index in [9.17, 15) is 30.0 Å². The first-order chi connectivity index (χ1) is 25.6. The maximum absolute atomic E-state index is 13.7. The summed E-state index contributed by atoms with van der Waals surface area (Å²) in [5, 5.41) is 49.1. The summed E-state index contributed by atoms with van der Waals surface area (Å²) in [4.78, 5) is 25.8. The van der Waals surface area contributed by atoms with Crippen LogP contribution in [0.5, 0.6) is 17.2 Å². The van der Waals surface area contributed by atoms with Crippen LogP contribution in [0, 0.1) is 35.0 Å². The van der Waals surface area contributed by atoms with Gasteiger partial charge in [-0.05, 0) is 139 Å². The molecular formula is C45H55NO7. The molecule has 0 radical (unpaired) electrons. The second kappa shape index (κ2) is 16.2. The number of rotatable bonds is 11. The number of piperidine rings is 1. The van der Waals surface area contributed by atoms with Crippen molar-refractivity contribution in [2.45, 2.75) is 120 Å². The molecule has 3 aromatic rings. The van der Waals surface area contributed by atoms with Crippen LogP contribution in [0.3, 0.4) is 0 Å². The van der Waals surface area contributed by atoms with Crippen LogP contribution in [0.4, 0.5) is 0 Å². The van der Waals surface area contributed by atoms with E-state index in [1.54, 1.807) is 24.3 Å². The zero-order chi connectivity index (χ0) is 37.1. The Hall–Kier alpha value is -3.90. The SMILES string of the molecule is COc1cc2c(cc1O)[C@H](CC[C@H](O)c1ccc3cc(O)ccc3c1)C#C[C@H]([C@H](O)CCCC1([C@H]3CN[C@@H]4CC(=O)CC[C@H]4C3)CCCC1)C(=O)CC2. The number of aliphatic hydroxyl groups is 2. The van der Waals surface area contributed by atoms with E-state index < -0.39 is 18.1 Å². The Morgan fingerprint density at radius 2 is 1.74 bits per heavy atom. The molecule has 1 heterocycles. The highest BCUT2D eigenvalue weighted by Gasteiger charge is 2.45. The second-order valence-electron chi connectivity index (χ2n) is 16.4. The predicted octanol–water partition coefficient (Wildman–Crippen LogP) is 7.43. The van der Waals surface area contributed by atoms with E-state index in [4.69, 9.17) is 4.74 Å². The maximum atomic E-state index is 13.7. The molecule has 0 spiro atoms. The van der Waals surface area contributed by atoms with Crippen molar-refractivity contribution in [3.8, 4) is 29.1 Å². The summed E-state index contributed by atoms with van der Waals surface area (Å²) < 4.78 is 5.42. The van der Waals surface area contributed by atoms with Crippen LogP contribution in [0.1, 0.15) is 119 Å². The number of carbonyl (C=O) groups excluding carboxylic acids is 2. The molecule has 0 amide bonds. The fourth-order valence-electron chi connectivity index (χ4n) is 10.1. The Morgan fingerprint density at radius 3 is 2.55 bits per heavy atom. The molecule has 2 saturated carbocycles. The molecule has 3 aliphatic carbocycles. The quantitative estimate of drug-likeness (QED) is 0.129. The lowest BCUT2D eigenvalue weighted by Crippen LogP contribution is -2.52. The Balaban J connectivity index is 1.05. The van der Waals surface area contributed by atoms with Crippen LogP contribution in [0.25, 0.3) is 10.8 Å². The average molecular weight is 722 g/mol. The summed E-state index contributed by atoms with van der Waals surface area (Å²) in [5.41, 5.74) is 2.69. The number of methoxy groups -OCH3 is 1. The molecule has 0 aromatic heterocycles. The Labute approximate surface area is 313 Å². The van der Waals surface area contributed by atoms with Crippen molar-refractivity contribution in [3.05, 3.63) is 65.2 Å². The third-order valence-electron chi connectivity index (χ3n) is 13.2. The zero-order valence-electron chi connectivity index (χ0n) is 31.0. The Bertz CT molecular complexity index is 1870. The molecule has 7 rings (SSSR count). The van der Waals surface area contributed by atoms with Crippen LogP contribution in [-0.2, 0) is 16.0 Å². The maximum Gasteiger partial charge on any atom is 0.160 e. The molecular weight excluding hydrogens is 666 g/mol. The zero-order valence-corrected chi connectivity index (χ0v) is 31.0. The summed E-state index contributed by atoms with van der Waals surface area (Å²) in [6, 6.07) is 14.6. The van der Waals surface area contributed by atoms with Crippen molar-refractivity contribution in [1.82, 2.24) is 5.32 Å². The number of aromatic hydroxyl groups is 2. The monoisotopic (exact) mass is 721 g/mol. The number of ether oxygens (including phenoxy) is 1. The van der Waals surface area contributed by atoms with Crippen molar-refractivity contribution >= 4 is 22.3 Å². The van der Waals surface area contributed by atoms with E-state index in [1.165, 1.54) is 39.2 Å². The number of hydrogen-bond acceptors (Lipinski definition) is 8. The highest BCUT2D eigenvalue weighted by Crippen LogP contribution is 2.52. The van der Waals surface area contributed by atoms with Crippen LogP contribution in [0.2, 0.25) is 0 Å². The van der Waals surface area contributed by atoms with E-state index in [-0.39, 0.29) is 35.0 Å². The van der Waals surface area contributed by atoms with Gasteiger partial charge in [0, 0.05) is 31.2 Å². The van der Waals surface area contributed by atoms with E-state index in [0.29, 0.717) is 67.9 Å². The summed E-state index contributed by atoms with van der Waals surface area (Å²) in [6.45, 7) is 0.964. The van der Waals surface area contributed by atoms with Crippen molar-refractivity contribution in [1.29, 1.82) is 0 Å². The summed E-state index contributed by atoms with van der Waals surface area (Å²) in [7, 11) is 1.50. The largest absolute Gasteiger partial charge is 0.508 e. The summed E-state index contributed by atoms with van der Waals surface area (Å²) in [6.07, 6.45) is 10.7. The number of nitrogens with one attached hydrogen (secondary N) is 1. The number of Topliss-reactive ketones (excluding diaryl/α,β-unsaturated/α-hetero) is 2. The molecule has 7 atom stereocenters. The number of hydrogen-bond donors (Lipinski definition) is 5. The number of ketones is 2. The number of phenols is 2. The van der Waals surface area contributed by atoms with Gasteiger partial charge in [0.05, 0.1) is 19.3 Å². The first-order valence-electron chi connectivity index (χ1n) is 19.9. The Kier molecular flexibility index (Phi) is 11.5. The van der Waals surface area contributed by atoms with Crippen molar-refractivity contribution in [3.63, 3.8) is 0 Å². The molecule has 53 heavy (non-hydrogen) atoms. The van der Waals surface area contributed by atoms with Gasteiger partial charge in [0.2, 0.25) is 0 Å². The van der Waals surface area contributed by atoms with Crippen LogP contribution >= 0.6 is 0 Å². The van der Waals surface area contributed by atoms with Crippen LogP contribution in [-0.4, -0.2) is 57.8 Å². The number of phenolic OH excluding ortho intramolecular Hbond substituents is 2. The standard InChI is InChI=1S/C45H55NO7/c1-53-44-24-31-12-17-42(51)37(41(50)5-4-20-45(18-2-3-19-45)34-22-32-9-14-36(48)25-39(32)46-27-34)15-10-28(38(31)26-43(44)52)11-16-40(49)33-7-6-30-23-35(47)13-8-29(30)21-33/h6-8,13,21,23-24,26,28,32,34,37,39-41,46-47,49-50,52H,2-5,9,11-12,14,16-20,22,25,27H2,1H3/t28-,32-,34+,37+,39+,40-,41+/m0/s1. The molecule has 3 aromatic carbocycles. The minimum Gasteiger partial charge on any atom is -0.508 e. The number of benzene rings is 3. The number of aryl methyl sites for hydroxylation is 1. The van der Waals surface area contributed by atoms with Crippen LogP contribution < -0.4 is 10.1 Å². The number of aliphatic hydroxyl groups excluding tert-OH is 2. The van der Waals surface area contributed by atoms with Crippen molar-refractivity contribution in [2.75, 3.05) is 13.7 Å². The minimum atomic E-state index is -0.876. The molecule has 282 valence electrons. The van der Waals surface area contributed by atoms with Gasteiger partial charge in [-0.25, -0.2) is 0 Å². The topological polar surface area (TPSA) is 136 Å². The minimum absolute atomic E-state index is 0.0000393. The van der Waals surface area contributed by atoms with Gasteiger partial charge in [0.15, 0.2) is 17.3 Å². The fourth-order valence-corrected chi connectivity index (χ4v) is 10.1. The van der Waals surface area contributed by atoms with Gasteiger partial charge in [-0.3, -0.25) is 9.59 Å². The molecule has 8 nitrogen and oxygen atoms in total. The molecule has 1 saturated heterocycles. The molecule has 8 heteroatoms. The van der Waals surface area contributed by atoms with E-state index in [0.717, 1.165) is 53.3 Å². The first kappa shape index (κ1) is 37.4. The predicted molar refractivity (Wildman–Crippen MR) is 205 cm³/mol. The molecule has 0 unspecified atom stereocenters. The lowest BCUT2D eigenvalue weighted by atomic mass is 9.63. The third kappa shape index (κ3) is 8.28.